The molecule has 0 aliphatic heterocycles. The first kappa shape index (κ1) is 12.2. The number of hydrogen-bond acceptors (Lipinski definition) is 0. The van der Waals surface area contributed by atoms with Gasteiger partial charge < -0.3 is 0 Å². The fraction of sp³-hybridized carbons (Fsp3) is 0.538. The number of unbranched alkanes of at least 4 members (excludes halogenated alkanes) is 2. The molecule has 0 heterocycles. The predicted octanol–water partition coefficient (Wildman–Crippen LogP) is 4.44. The van der Waals surface area contributed by atoms with Crippen LogP contribution in [0.15, 0.2) is 30.3 Å². The summed E-state index contributed by atoms with van der Waals surface area (Å²) in [5.41, 5.74) is 0.721. The molecule has 0 atom stereocenters. The van der Waals surface area contributed by atoms with E-state index in [0.717, 1.165) is 18.4 Å². The van der Waals surface area contributed by atoms with Crippen LogP contribution in [0, 0.1) is 0 Å². The highest BCUT2D eigenvalue weighted by atomic mass is 19.3. The van der Waals surface area contributed by atoms with Crippen molar-refractivity contribution in [1.82, 2.24) is 0 Å². The summed E-state index contributed by atoms with van der Waals surface area (Å²) in [5, 5.41) is 0. The maximum absolute atomic E-state index is 13.4. The molecule has 0 nitrogen and oxygen atoms in total. The highest BCUT2D eigenvalue weighted by molar-refractivity contribution is 5.16. The second kappa shape index (κ2) is 5.84. The lowest BCUT2D eigenvalue weighted by Gasteiger charge is -2.15. The van der Waals surface area contributed by atoms with Gasteiger partial charge in [0.25, 0.3) is 5.92 Å². The minimum atomic E-state index is -2.55. The molecule has 84 valence electrons. The van der Waals surface area contributed by atoms with E-state index in [1.54, 1.807) is 24.3 Å². The van der Waals surface area contributed by atoms with E-state index in [1.807, 2.05) is 13.0 Å². The third kappa shape index (κ3) is 4.91. The highest BCUT2D eigenvalue weighted by Gasteiger charge is 2.27. The molecule has 0 spiro atoms. The van der Waals surface area contributed by atoms with Gasteiger partial charge >= 0.3 is 0 Å². The maximum Gasteiger partial charge on any atom is 0.252 e. The summed E-state index contributed by atoms with van der Waals surface area (Å²) >= 11 is 0. The molecule has 1 aromatic rings. The zero-order chi connectivity index (χ0) is 11.1. The Bertz CT molecular complexity index is 267. The zero-order valence-electron chi connectivity index (χ0n) is 9.18. The van der Waals surface area contributed by atoms with Gasteiger partial charge in [-0.1, -0.05) is 50.1 Å². The summed E-state index contributed by atoms with van der Waals surface area (Å²) < 4.78 is 26.9. The molecule has 0 fully saturated rings. The Morgan fingerprint density at radius 3 is 2.33 bits per heavy atom. The first-order valence-corrected chi connectivity index (χ1v) is 5.56. The van der Waals surface area contributed by atoms with E-state index in [9.17, 15) is 8.78 Å². The van der Waals surface area contributed by atoms with Crippen LogP contribution in [0.1, 0.15) is 38.2 Å². The molecular weight excluding hydrogens is 194 g/mol. The van der Waals surface area contributed by atoms with Crippen LogP contribution >= 0.6 is 0 Å². The van der Waals surface area contributed by atoms with E-state index < -0.39 is 5.92 Å². The van der Waals surface area contributed by atoms with Crippen molar-refractivity contribution >= 4 is 0 Å². The monoisotopic (exact) mass is 212 g/mol. The third-order valence-corrected chi connectivity index (χ3v) is 2.45. The van der Waals surface area contributed by atoms with Crippen molar-refractivity contribution < 1.29 is 8.78 Å². The van der Waals surface area contributed by atoms with E-state index >= 15 is 0 Å². The van der Waals surface area contributed by atoms with Crippen LogP contribution in [0.3, 0.4) is 0 Å². The van der Waals surface area contributed by atoms with Crippen molar-refractivity contribution in [2.45, 2.75) is 45.0 Å². The molecule has 0 amide bonds. The first-order chi connectivity index (χ1) is 7.14. The van der Waals surface area contributed by atoms with E-state index in [4.69, 9.17) is 0 Å². The predicted molar refractivity (Wildman–Crippen MR) is 59.2 cm³/mol. The van der Waals surface area contributed by atoms with Crippen molar-refractivity contribution in [3.63, 3.8) is 0 Å². The minimum Gasteiger partial charge on any atom is -0.207 e. The molecule has 2 heteroatoms. The number of hydrogen-bond donors (Lipinski definition) is 0. The summed E-state index contributed by atoms with van der Waals surface area (Å²) in [6.07, 6.45) is 2.38. The Morgan fingerprint density at radius 2 is 1.73 bits per heavy atom. The summed E-state index contributed by atoms with van der Waals surface area (Å²) in [4.78, 5) is 0. The van der Waals surface area contributed by atoms with Gasteiger partial charge in [0, 0.05) is 12.8 Å². The fourth-order valence-corrected chi connectivity index (χ4v) is 1.62. The lowest BCUT2D eigenvalue weighted by atomic mass is 10.0. The van der Waals surface area contributed by atoms with E-state index in [2.05, 4.69) is 0 Å². The molecule has 0 unspecified atom stereocenters. The van der Waals surface area contributed by atoms with E-state index in [1.165, 1.54) is 0 Å². The molecule has 0 saturated carbocycles. The van der Waals surface area contributed by atoms with Crippen molar-refractivity contribution in [3.05, 3.63) is 35.9 Å². The van der Waals surface area contributed by atoms with Crippen molar-refractivity contribution in [3.8, 4) is 0 Å². The lowest BCUT2D eigenvalue weighted by Crippen LogP contribution is -2.19. The smallest absolute Gasteiger partial charge is 0.207 e. The van der Waals surface area contributed by atoms with Crippen LogP contribution in [0.25, 0.3) is 0 Å². The Kier molecular flexibility index (Phi) is 4.73. The highest BCUT2D eigenvalue weighted by Crippen LogP contribution is 2.26. The summed E-state index contributed by atoms with van der Waals surface area (Å²) in [6.45, 7) is 2.02. The van der Waals surface area contributed by atoms with Crippen LogP contribution < -0.4 is 0 Å². The van der Waals surface area contributed by atoms with Crippen molar-refractivity contribution in [2.75, 3.05) is 0 Å². The zero-order valence-corrected chi connectivity index (χ0v) is 9.18. The molecule has 0 aliphatic rings. The molecule has 1 rings (SSSR count). The Hall–Kier alpha value is -0.920. The molecule has 1 aromatic carbocycles. The maximum atomic E-state index is 13.4. The third-order valence-electron chi connectivity index (χ3n) is 2.45. The SMILES string of the molecule is CCCCCC(F)(F)Cc1ccccc1. The van der Waals surface area contributed by atoms with E-state index in [-0.39, 0.29) is 12.8 Å². The van der Waals surface area contributed by atoms with Gasteiger partial charge in [0.2, 0.25) is 0 Å². The average molecular weight is 212 g/mol. The molecular formula is C13H18F2. The van der Waals surface area contributed by atoms with Gasteiger partial charge in [0.1, 0.15) is 0 Å². The van der Waals surface area contributed by atoms with Crippen molar-refractivity contribution in [1.29, 1.82) is 0 Å². The Balaban J connectivity index is 2.42. The number of alkyl halides is 2. The number of benzene rings is 1. The number of rotatable bonds is 6. The number of halogens is 2. The van der Waals surface area contributed by atoms with Crippen LogP contribution in [0.5, 0.6) is 0 Å². The molecule has 0 aliphatic carbocycles. The summed E-state index contributed by atoms with van der Waals surface area (Å²) in [5.74, 6) is -2.55. The Labute approximate surface area is 90.3 Å². The van der Waals surface area contributed by atoms with Gasteiger partial charge in [-0.15, -0.1) is 0 Å². The molecule has 0 saturated heterocycles. The van der Waals surface area contributed by atoms with Gasteiger partial charge in [-0.25, -0.2) is 8.78 Å². The summed E-state index contributed by atoms with van der Waals surface area (Å²) in [7, 11) is 0. The quantitative estimate of drug-likeness (QED) is 0.611. The van der Waals surface area contributed by atoms with Gasteiger partial charge in [-0.05, 0) is 12.0 Å². The second-order valence-electron chi connectivity index (χ2n) is 3.98. The average Bonchev–Trinajstić information content (AvgIpc) is 2.18. The molecule has 0 aromatic heterocycles. The lowest BCUT2D eigenvalue weighted by molar-refractivity contribution is -0.00939. The van der Waals surface area contributed by atoms with Gasteiger partial charge in [0.05, 0.1) is 0 Å². The molecule has 0 N–H and O–H groups in total. The second-order valence-corrected chi connectivity index (χ2v) is 3.98. The van der Waals surface area contributed by atoms with Crippen molar-refractivity contribution in [2.24, 2.45) is 0 Å². The molecule has 0 radical (unpaired) electrons. The van der Waals surface area contributed by atoms with Gasteiger partial charge in [0.15, 0.2) is 0 Å². The summed E-state index contributed by atoms with van der Waals surface area (Å²) in [6, 6.07) is 8.97. The van der Waals surface area contributed by atoms with Crippen LogP contribution in [-0.4, -0.2) is 5.92 Å². The van der Waals surface area contributed by atoms with E-state index in [0.29, 0.717) is 6.42 Å². The largest absolute Gasteiger partial charge is 0.252 e. The van der Waals surface area contributed by atoms with Crippen LogP contribution in [-0.2, 0) is 6.42 Å². The minimum absolute atomic E-state index is 0.00966. The topological polar surface area (TPSA) is 0 Å². The van der Waals surface area contributed by atoms with Gasteiger partial charge in [-0.2, -0.15) is 0 Å². The van der Waals surface area contributed by atoms with Crippen LogP contribution in [0.2, 0.25) is 0 Å². The fourth-order valence-electron chi connectivity index (χ4n) is 1.62. The molecule has 0 bridgehead atoms. The van der Waals surface area contributed by atoms with Gasteiger partial charge in [-0.3, -0.25) is 0 Å². The molecule has 15 heavy (non-hydrogen) atoms. The Morgan fingerprint density at radius 1 is 1.07 bits per heavy atom. The normalized spacial score (nSPS) is 11.7. The first-order valence-electron chi connectivity index (χ1n) is 5.56. The standard InChI is InChI=1S/C13H18F2/c1-2-3-7-10-13(14,15)11-12-8-5-4-6-9-12/h4-6,8-9H,2-3,7,10-11H2,1H3. The van der Waals surface area contributed by atoms with Crippen LogP contribution in [0.4, 0.5) is 8.78 Å².